The molecule has 6 rings (SSSR count). The smallest absolute Gasteiger partial charge is 0.251 e. The van der Waals surface area contributed by atoms with Gasteiger partial charge in [-0.05, 0) is 61.7 Å². The normalized spacial score (nSPS) is 17.7. The van der Waals surface area contributed by atoms with Crippen LogP contribution in [0.5, 0.6) is 11.5 Å². The summed E-state index contributed by atoms with van der Waals surface area (Å²) in [6, 6.07) is 18.9. The van der Waals surface area contributed by atoms with Gasteiger partial charge < -0.3 is 26.3 Å². The highest BCUT2D eigenvalue weighted by Crippen LogP contribution is 2.46. The van der Waals surface area contributed by atoms with Gasteiger partial charge in [-0.15, -0.1) is 0 Å². The second-order valence-electron chi connectivity index (χ2n) is 11.7. The van der Waals surface area contributed by atoms with E-state index >= 15 is 4.39 Å². The van der Waals surface area contributed by atoms with E-state index in [-0.39, 0.29) is 42.1 Å². The van der Waals surface area contributed by atoms with Crippen LogP contribution in [0, 0.1) is 5.82 Å². The lowest BCUT2D eigenvalue weighted by atomic mass is 9.81. The predicted octanol–water partition coefficient (Wildman–Crippen LogP) is 5.41. The third-order valence-corrected chi connectivity index (χ3v) is 8.71. The summed E-state index contributed by atoms with van der Waals surface area (Å²) in [6.45, 7) is 1.76. The summed E-state index contributed by atoms with van der Waals surface area (Å²) in [5.74, 6) is -1.41. The van der Waals surface area contributed by atoms with Crippen molar-refractivity contribution in [3.63, 3.8) is 0 Å². The van der Waals surface area contributed by atoms with Crippen LogP contribution in [0.4, 0.5) is 10.1 Å². The Morgan fingerprint density at radius 2 is 1.96 bits per heavy atom. The lowest BCUT2D eigenvalue weighted by Crippen LogP contribution is -2.40. The molecular weight excluding hydrogens is 609 g/mol. The number of nitrogens with two attached hydrogens (primary N) is 2. The van der Waals surface area contributed by atoms with Crippen LogP contribution >= 0.6 is 11.6 Å². The molecule has 0 bridgehead atoms. The van der Waals surface area contributed by atoms with Gasteiger partial charge in [0.2, 0.25) is 5.91 Å². The fourth-order valence-corrected chi connectivity index (χ4v) is 5.66. The highest BCUT2D eigenvalue weighted by Gasteiger charge is 2.44. The summed E-state index contributed by atoms with van der Waals surface area (Å²) in [7, 11) is 1.49. The van der Waals surface area contributed by atoms with E-state index in [1.54, 1.807) is 31.3 Å². The Morgan fingerprint density at radius 3 is 2.65 bits per heavy atom. The molecule has 1 aliphatic heterocycles. The largest absolute Gasteiger partial charge is 0.495 e. The predicted molar refractivity (Wildman–Crippen MR) is 175 cm³/mol. The SMILES string of the molecule is COc1cc(C(=O)NC[C@@H](c2ccccc2)c2cc3c(c(-c4cc(Cl)ccc4F)n2)OC[C@]3(C)C(N)=O)cc(C=NC2CC2)c1N. The van der Waals surface area contributed by atoms with E-state index in [1.807, 2.05) is 30.3 Å². The molecule has 2 heterocycles. The number of hydrogen-bond donors (Lipinski definition) is 3. The molecule has 1 saturated carbocycles. The van der Waals surface area contributed by atoms with Crippen LogP contribution in [0.2, 0.25) is 5.02 Å². The number of fused-ring (bicyclic) bond motifs is 1. The number of nitrogens with zero attached hydrogens (tertiary/aromatic N) is 2. The third-order valence-electron chi connectivity index (χ3n) is 8.47. The fourth-order valence-electron chi connectivity index (χ4n) is 5.49. The van der Waals surface area contributed by atoms with Crippen LogP contribution in [0.25, 0.3) is 11.3 Å². The third kappa shape index (κ3) is 6.00. The molecule has 0 unspecified atom stereocenters. The van der Waals surface area contributed by atoms with Gasteiger partial charge in [-0.1, -0.05) is 41.9 Å². The Labute approximate surface area is 270 Å². The first-order valence-electron chi connectivity index (χ1n) is 14.9. The number of carbonyl (C=O) groups is 2. The van der Waals surface area contributed by atoms with Crippen molar-refractivity contribution in [1.29, 1.82) is 0 Å². The van der Waals surface area contributed by atoms with Crippen LogP contribution in [0.15, 0.2) is 71.7 Å². The highest BCUT2D eigenvalue weighted by atomic mass is 35.5. The van der Waals surface area contributed by atoms with Gasteiger partial charge in [-0.25, -0.2) is 9.37 Å². The highest BCUT2D eigenvalue weighted by molar-refractivity contribution is 6.30. The molecule has 0 saturated heterocycles. The van der Waals surface area contributed by atoms with E-state index in [0.717, 1.165) is 18.4 Å². The van der Waals surface area contributed by atoms with E-state index in [1.165, 1.54) is 25.3 Å². The zero-order chi connectivity index (χ0) is 32.6. The number of nitrogens with one attached hydrogen (secondary N) is 1. The number of carbonyl (C=O) groups excluding carboxylic acids is 2. The van der Waals surface area contributed by atoms with E-state index in [2.05, 4.69) is 10.3 Å². The van der Waals surface area contributed by atoms with Gasteiger partial charge in [0.15, 0.2) is 0 Å². The number of pyridine rings is 1. The first kappa shape index (κ1) is 31.0. The molecule has 4 aromatic rings. The number of halogens is 2. The average Bonchev–Trinajstić information content (AvgIpc) is 3.82. The van der Waals surface area contributed by atoms with Gasteiger partial charge in [0.1, 0.15) is 35.0 Å². The van der Waals surface area contributed by atoms with Gasteiger partial charge in [-0.2, -0.15) is 0 Å². The molecule has 0 spiro atoms. The maximum absolute atomic E-state index is 15.3. The van der Waals surface area contributed by atoms with Crippen LogP contribution in [0.1, 0.15) is 58.4 Å². The molecule has 1 fully saturated rings. The minimum atomic E-state index is -1.19. The van der Waals surface area contributed by atoms with Crippen molar-refractivity contribution >= 4 is 35.3 Å². The fraction of sp³-hybridized carbons (Fsp3) is 0.257. The Bertz CT molecular complexity index is 1860. The van der Waals surface area contributed by atoms with Crippen molar-refractivity contribution in [3.05, 3.63) is 106 Å². The van der Waals surface area contributed by atoms with Gasteiger partial charge >= 0.3 is 0 Å². The number of ether oxygens (including phenoxy) is 2. The van der Waals surface area contributed by atoms with Crippen molar-refractivity contribution < 1.29 is 23.5 Å². The van der Waals surface area contributed by atoms with Crippen LogP contribution < -0.4 is 26.3 Å². The number of amides is 2. The summed E-state index contributed by atoms with van der Waals surface area (Å²) in [5.41, 5.74) is 14.4. The summed E-state index contributed by atoms with van der Waals surface area (Å²) >= 11 is 6.26. The average molecular weight is 642 g/mol. The molecule has 46 heavy (non-hydrogen) atoms. The summed E-state index contributed by atoms with van der Waals surface area (Å²) in [5, 5.41) is 3.33. The number of primary amides is 1. The lowest BCUT2D eigenvalue weighted by molar-refractivity contribution is -0.123. The molecule has 5 N–H and O–H groups in total. The minimum absolute atomic E-state index is 0.0317. The molecule has 1 aromatic heterocycles. The number of rotatable bonds is 10. The van der Waals surface area contributed by atoms with Gasteiger partial charge in [-0.3, -0.25) is 14.6 Å². The maximum atomic E-state index is 15.3. The molecular formula is C35H33ClFN5O4. The van der Waals surface area contributed by atoms with E-state index in [9.17, 15) is 9.59 Å². The zero-order valence-corrected chi connectivity index (χ0v) is 26.1. The molecule has 1 aliphatic carbocycles. The Balaban J connectivity index is 1.41. The monoisotopic (exact) mass is 641 g/mol. The second kappa shape index (κ2) is 12.4. The molecule has 2 aliphatic rings. The minimum Gasteiger partial charge on any atom is -0.495 e. The Morgan fingerprint density at radius 1 is 1.20 bits per heavy atom. The molecule has 11 heteroatoms. The number of nitrogen functional groups attached to an aromatic ring is 1. The molecule has 9 nitrogen and oxygen atoms in total. The number of aromatic nitrogens is 1. The maximum Gasteiger partial charge on any atom is 0.251 e. The summed E-state index contributed by atoms with van der Waals surface area (Å²) in [4.78, 5) is 35.7. The molecule has 236 valence electrons. The first-order valence-corrected chi connectivity index (χ1v) is 15.2. The Hall–Kier alpha value is -4.96. The van der Waals surface area contributed by atoms with Crippen molar-refractivity contribution in [3.8, 4) is 22.8 Å². The van der Waals surface area contributed by atoms with E-state index < -0.39 is 23.1 Å². The van der Waals surface area contributed by atoms with Crippen LogP contribution in [0.3, 0.4) is 0 Å². The van der Waals surface area contributed by atoms with E-state index in [0.29, 0.717) is 38.8 Å². The molecule has 3 aromatic carbocycles. The lowest BCUT2D eigenvalue weighted by Gasteiger charge is -2.23. The first-order chi connectivity index (χ1) is 22.1. The van der Waals surface area contributed by atoms with Crippen molar-refractivity contribution in [2.24, 2.45) is 10.7 Å². The number of methoxy groups -OCH3 is 1. The summed E-state index contributed by atoms with van der Waals surface area (Å²) in [6.07, 6.45) is 3.74. The summed E-state index contributed by atoms with van der Waals surface area (Å²) < 4.78 is 26.7. The van der Waals surface area contributed by atoms with Gasteiger partial charge in [0.25, 0.3) is 5.91 Å². The van der Waals surface area contributed by atoms with Gasteiger partial charge in [0, 0.05) is 46.0 Å². The van der Waals surface area contributed by atoms with Crippen molar-refractivity contribution in [2.45, 2.75) is 37.1 Å². The van der Waals surface area contributed by atoms with Gasteiger partial charge in [0.05, 0.1) is 24.5 Å². The number of anilines is 1. The van der Waals surface area contributed by atoms with Crippen molar-refractivity contribution in [2.75, 3.05) is 26.0 Å². The topological polar surface area (TPSA) is 142 Å². The molecule has 2 amide bonds. The molecule has 0 radical (unpaired) electrons. The Kier molecular flexibility index (Phi) is 8.39. The van der Waals surface area contributed by atoms with E-state index in [4.69, 9.17) is 37.5 Å². The molecule has 2 atom stereocenters. The quantitative estimate of drug-likeness (QED) is 0.156. The zero-order valence-electron chi connectivity index (χ0n) is 25.3. The second-order valence-corrected chi connectivity index (χ2v) is 12.2. The standard InChI is InChI=1S/C35H33ClFN5O4/c1-35(34(39)44)18-46-32-26(35)15-28(42-31(32)24-14-22(36)8-11-27(24)37)25(19-6-4-3-5-7-19)17-41-33(43)20-12-21(16-40-23-9-10-23)30(38)29(13-20)45-2/h3-8,11-16,23,25H,9-10,17-18,38H2,1-2H3,(H2,39,44)(H,41,43)/t25-,35-/m0/s1. The van der Waals surface area contributed by atoms with Crippen LogP contribution in [-0.4, -0.2) is 49.3 Å². The number of aliphatic imine (C=N–C) groups is 1. The number of benzene rings is 3. The van der Waals surface area contributed by atoms with Crippen molar-refractivity contribution in [1.82, 2.24) is 10.3 Å². The van der Waals surface area contributed by atoms with Crippen LogP contribution in [-0.2, 0) is 10.2 Å². The number of hydrogen-bond acceptors (Lipinski definition) is 7.